The van der Waals surface area contributed by atoms with E-state index in [0.29, 0.717) is 42.6 Å². The summed E-state index contributed by atoms with van der Waals surface area (Å²) in [6.07, 6.45) is 5.22. The van der Waals surface area contributed by atoms with Crippen LogP contribution in [-0.4, -0.2) is 95.8 Å². The summed E-state index contributed by atoms with van der Waals surface area (Å²) in [6.45, 7) is 6.69. The van der Waals surface area contributed by atoms with Gasteiger partial charge in [-0.15, -0.1) is 11.3 Å². The number of hydrogen-bond donors (Lipinski definition) is 1. The third-order valence-corrected chi connectivity index (χ3v) is 9.42. The van der Waals surface area contributed by atoms with Crippen LogP contribution in [0.4, 0.5) is 5.13 Å². The van der Waals surface area contributed by atoms with E-state index in [4.69, 9.17) is 9.57 Å². The number of amides is 2. The van der Waals surface area contributed by atoms with Crippen LogP contribution in [0.3, 0.4) is 0 Å². The van der Waals surface area contributed by atoms with Crippen molar-refractivity contribution in [3.63, 3.8) is 0 Å². The minimum atomic E-state index is -3.52. The molecular formula is C28H35N7O6S2. The van der Waals surface area contributed by atoms with Crippen molar-refractivity contribution in [2.75, 3.05) is 44.4 Å². The number of sulfone groups is 1. The van der Waals surface area contributed by atoms with Gasteiger partial charge in [-0.05, 0) is 31.5 Å². The van der Waals surface area contributed by atoms with Crippen molar-refractivity contribution >= 4 is 43.8 Å². The Morgan fingerprint density at radius 3 is 2.56 bits per heavy atom. The molecule has 1 saturated heterocycles. The Morgan fingerprint density at radius 2 is 1.88 bits per heavy atom. The van der Waals surface area contributed by atoms with Gasteiger partial charge in [0.1, 0.15) is 0 Å². The average Bonchev–Trinajstić information content (AvgIpc) is 3.42. The summed E-state index contributed by atoms with van der Waals surface area (Å²) in [6, 6.07) is 7.69. The van der Waals surface area contributed by atoms with E-state index in [1.165, 1.54) is 42.7 Å². The van der Waals surface area contributed by atoms with Crippen LogP contribution < -0.4 is 5.32 Å². The van der Waals surface area contributed by atoms with Crippen molar-refractivity contribution < 1.29 is 27.6 Å². The molecule has 3 heterocycles. The fourth-order valence-electron chi connectivity index (χ4n) is 4.58. The highest BCUT2D eigenvalue weighted by Gasteiger charge is 2.26. The number of oxime groups is 1. The summed E-state index contributed by atoms with van der Waals surface area (Å²) in [5, 5.41) is 7.22. The van der Waals surface area contributed by atoms with E-state index in [1.54, 1.807) is 31.6 Å². The van der Waals surface area contributed by atoms with Gasteiger partial charge in [0.05, 0.1) is 10.6 Å². The van der Waals surface area contributed by atoms with Crippen molar-refractivity contribution in [1.82, 2.24) is 24.8 Å². The Hall–Kier alpha value is -3.79. The predicted molar refractivity (Wildman–Crippen MR) is 161 cm³/mol. The van der Waals surface area contributed by atoms with Crippen LogP contribution >= 0.6 is 11.3 Å². The Kier molecular flexibility index (Phi) is 11.3. The highest BCUT2D eigenvalue weighted by Crippen LogP contribution is 2.22. The van der Waals surface area contributed by atoms with E-state index in [1.807, 2.05) is 11.8 Å². The van der Waals surface area contributed by atoms with Crippen LogP contribution in [-0.2, 0) is 42.2 Å². The number of rotatable bonds is 13. The molecule has 15 heteroatoms. The molecule has 1 aliphatic heterocycles. The van der Waals surface area contributed by atoms with E-state index in [-0.39, 0.29) is 34.9 Å². The summed E-state index contributed by atoms with van der Waals surface area (Å²) in [5.41, 5.74) is 0.293. The molecular weight excluding hydrogens is 594 g/mol. The number of carbonyl (C=O) groups excluding carboxylic acids is 2. The van der Waals surface area contributed by atoms with Crippen molar-refractivity contribution in [1.29, 1.82) is 0 Å². The van der Waals surface area contributed by atoms with Gasteiger partial charge >= 0.3 is 0 Å². The first kappa shape index (κ1) is 32.1. The van der Waals surface area contributed by atoms with Gasteiger partial charge in [-0.3, -0.25) is 19.8 Å². The Morgan fingerprint density at radius 1 is 1.14 bits per heavy atom. The lowest BCUT2D eigenvalue weighted by molar-refractivity contribution is -0.133. The van der Waals surface area contributed by atoms with Gasteiger partial charge < -0.3 is 14.5 Å². The number of thiazole rings is 1. The summed E-state index contributed by atoms with van der Waals surface area (Å²) >= 11 is 1.34. The number of nitrogens with zero attached hydrogens (tertiary/aromatic N) is 6. The molecule has 0 bridgehead atoms. The lowest BCUT2D eigenvalue weighted by Crippen LogP contribution is -2.52. The number of benzene rings is 1. The first-order valence-electron chi connectivity index (χ1n) is 13.7. The second-order valence-electron chi connectivity index (χ2n) is 9.95. The molecule has 0 saturated carbocycles. The van der Waals surface area contributed by atoms with Gasteiger partial charge in [0, 0.05) is 81.9 Å². The number of nitrogens with one attached hydrogen (secondary N) is 1. The molecule has 1 aromatic carbocycles. The van der Waals surface area contributed by atoms with Crippen LogP contribution in [0.2, 0.25) is 0 Å². The Labute approximate surface area is 254 Å². The van der Waals surface area contributed by atoms with E-state index >= 15 is 0 Å². The smallest absolute Gasteiger partial charge is 0.280 e. The van der Waals surface area contributed by atoms with Crippen LogP contribution in [0.5, 0.6) is 0 Å². The van der Waals surface area contributed by atoms with Crippen LogP contribution in [0, 0.1) is 0 Å². The molecule has 1 unspecified atom stereocenters. The lowest BCUT2D eigenvalue weighted by atomic mass is 10.1. The molecule has 1 N–H and O–H groups in total. The quantitative estimate of drug-likeness (QED) is 0.169. The highest BCUT2D eigenvalue weighted by molar-refractivity contribution is 7.91. The SMILES string of the molecule is COCCCS(=O)(=O)c1ccc(C(=NOCc2ncccn2)C(=O)Nc2ncc(CN3CCN(C(C)=O)C(C)C3)s2)cc1. The standard InChI is InChI=1S/C28H35N7O6S2/c1-20-17-34(12-13-35(20)21(2)36)18-23-16-31-28(42-23)32-27(37)26(33-41-19-25-29-10-4-11-30-25)22-6-8-24(9-7-22)43(38,39)15-5-14-40-3/h4,6-11,16,20H,5,12-15,17-19H2,1-3H3,(H,31,32,37). The van der Waals surface area contributed by atoms with E-state index in [9.17, 15) is 18.0 Å². The molecule has 230 valence electrons. The maximum Gasteiger partial charge on any atom is 0.280 e. The zero-order valence-corrected chi connectivity index (χ0v) is 25.9. The summed E-state index contributed by atoms with van der Waals surface area (Å²) in [4.78, 5) is 48.3. The number of hydrogen-bond acceptors (Lipinski definition) is 12. The Bertz CT molecular complexity index is 1510. The molecule has 2 aromatic heterocycles. The highest BCUT2D eigenvalue weighted by atomic mass is 32.2. The number of methoxy groups -OCH3 is 1. The zero-order valence-electron chi connectivity index (χ0n) is 24.3. The molecule has 1 fully saturated rings. The maximum absolute atomic E-state index is 13.4. The van der Waals surface area contributed by atoms with Gasteiger partial charge in [-0.25, -0.2) is 23.4 Å². The minimum absolute atomic E-state index is 0.0560. The second kappa shape index (κ2) is 15.1. The maximum atomic E-state index is 13.4. The lowest BCUT2D eigenvalue weighted by Gasteiger charge is -2.39. The molecule has 4 rings (SSSR count). The molecule has 1 aliphatic rings. The first-order chi connectivity index (χ1) is 20.7. The molecule has 0 aliphatic carbocycles. The van der Waals surface area contributed by atoms with E-state index < -0.39 is 15.7 Å². The van der Waals surface area contributed by atoms with Gasteiger partial charge in [0.2, 0.25) is 5.91 Å². The number of ether oxygens (including phenoxy) is 1. The summed E-state index contributed by atoms with van der Waals surface area (Å²) in [7, 11) is -2.00. The Balaban J connectivity index is 1.46. The predicted octanol–water partition coefficient (Wildman–Crippen LogP) is 2.36. The summed E-state index contributed by atoms with van der Waals surface area (Å²) < 4.78 is 30.3. The topological polar surface area (TPSA) is 156 Å². The van der Waals surface area contributed by atoms with Crippen LogP contribution in [0.15, 0.2) is 59.0 Å². The van der Waals surface area contributed by atoms with Crippen molar-refractivity contribution in [3.8, 4) is 0 Å². The average molecular weight is 630 g/mol. The molecule has 13 nitrogen and oxygen atoms in total. The molecule has 0 spiro atoms. The largest absolute Gasteiger partial charge is 0.387 e. The molecule has 0 radical (unpaired) electrons. The fraction of sp³-hybridized carbons (Fsp3) is 0.429. The van der Waals surface area contributed by atoms with E-state index in [2.05, 4.69) is 30.3 Å². The van der Waals surface area contributed by atoms with E-state index in [0.717, 1.165) is 18.0 Å². The van der Waals surface area contributed by atoms with Crippen LogP contribution in [0.25, 0.3) is 0 Å². The number of carbonyl (C=O) groups is 2. The van der Waals surface area contributed by atoms with Crippen molar-refractivity contribution in [2.24, 2.45) is 5.16 Å². The third-order valence-electron chi connectivity index (χ3n) is 6.70. The molecule has 43 heavy (non-hydrogen) atoms. The minimum Gasteiger partial charge on any atom is -0.387 e. The number of piperazine rings is 1. The van der Waals surface area contributed by atoms with Crippen molar-refractivity contribution in [2.45, 2.75) is 44.4 Å². The van der Waals surface area contributed by atoms with Crippen molar-refractivity contribution in [3.05, 3.63) is 65.2 Å². The zero-order chi connectivity index (χ0) is 30.8. The molecule has 2 amide bonds. The van der Waals surface area contributed by atoms with Gasteiger partial charge in [-0.2, -0.15) is 0 Å². The third kappa shape index (κ3) is 9.10. The van der Waals surface area contributed by atoms with Gasteiger partial charge in [-0.1, -0.05) is 17.3 Å². The number of anilines is 1. The van der Waals surface area contributed by atoms with Gasteiger partial charge in [0.15, 0.2) is 33.1 Å². The van der Waals surface area contributed by atoms with Gasteiger partial charge in [0.25, 0.3) is 5.91 Å². The summed E-state index contributed by atoms with van der Waals surface area (Å²) in [5.74, 6) is -0.175. The molecule has 1 atom stereocenters. The molecule has 3 aromatic rings. The fourth-order valence-corrected chi connectivity index (χ4v) is 6.71. The first-order valence-corrected chi connectivity index (χ1v) is 16.2. The van der Waals surface area contributed by atoms with Crippen LogP contribution in [0.1, 0.15) is 36.5 Å². The number of aromatic nitrogens is 3. The monoisotopic (exact) mass is 629 g/mol. The second-order valence-corrected chi connectivity index (χ2v) is 13.2. The normalized spacial score (nSPS) is 16.2.